The molecule has 0 aromatic heterocycles. The Hall–Kier alpha value is -2.20. The van der Waals surface area contributed by atoms with E-state index < -0.39 is 0 Å². The number of carbonyl (C=O) groups excluding carboxylic acids is 1. The predicted molar refractivity (Wildman–Crippen MR) is 90.8 cm³/mol. The zero-order chi connectivity index (χ0) is 15.7. The zero-order valence-electron chi connectivity index (χ0n) is 12.6. The van der Waals surface area contributed by atoms with Gasteiger partial charge in [0.2, 0.25) is 0 Å². The maximum absolute atomic E-state index is 11.8. The van der Waals surface area contributed by atoms with Crippen LogP contribution in [0.1, 0.15) is 17.3 Å². The summed E-state index contributed by atoms with van der Waals surface area (Å²) in [6.07, 6.45) is 1.88. The van der Waals surface area contributed by atoms with E-state index in [0.717, 1.165) is 16.3 Å². The molecule has 3 nitrogen and oxygen atoms in total. The Morgan fingerprint density at radius 3 is 2.73 bits per heavy atom. The molecule has 1 heterocycles. The Morgan fingerprint density at radius 2 is 2.05 bits per heavy atom. The third kappa shape index (κ3) is 2.40. The molecule has 2 aromatic carbocycles. The summed E-state index contributed by atoms with van der Waals surface area (Å²) >= 11 is 1.68. The first-order valence-electron chi connectivity index (χ1n) is 7.04. The van der Waals surface area contributed by atoms with Crippen molar-refractivity contribution in [3.63, 3.8) is 0 Å². The van der Waals surface area contributed by atoms with E-state index in [0.29, 0.717) is 17.9 Å². The Balaban J connectivity index is 2.20. The number of anilines is 2. The zero-order valence-corrected chi connectivity index (χ0v) is 13.4. The van der Waals surface area contributed by atoms with E-state index in [2.05, 4.69) is 23.6 Å². The van der Waals surface area contributed by atoms with Gasteiger partial charge in [-0.3, -0.25) is 4.79 Å². The van der Waals surface area contributed by atoms with Gasteiger partial charge in [-0.25, -0.2) is 0 Å². The number of ether oxygens (including phenoxy) is 1. The minimum absolute atomic E-state index is 0.00868. The number of benzene rings is 2. The molecule has 0 atom stereocenters. The van der Waals surface area contributed by atoms with Gasteiger partial charge in [0.25, 0.3) is 0 Å². The van der Waals surface area contributed by atoms with Crippen LogP contribution in [0.25, 0.3) is 0 Å². The smallest absolute Gasteiger partial charge is 0.163 e. The van der Waals surface area contributed by atoms with Crippen LogP contribution in [-0.4, -0.2) is 19.4 Å². The Bertz CT molecular complexity index is 755. The summed E-state index contributed by atoms with van der Waals surface area (Å²) < 4.78 is 5.40. The van der Waals surface area contributed by atoms with Gasteiger partial charge in [0.1, 0.15) is 5.75 Å². The van der Waals surface area contributed by atoms with E-state index in [9.17, 15) is 4.79 Å². The van der Waals surface area contributed by atoms with Crippen LogP contribution in [0.4, 0.5) is 11.4 Å². The predicted octanol–water partition coefficient (Wildman–Crippen LogP) is 4.69. The van der Waals surface area contributed by atoms with Crippen molar-refractivity contribution in [2.24, 2.45) is 0 Å². The maximum atomic E-state index is 11.8. The molecular formula is C18H17NO2S. The molecule has 4 heteroatoms. The van der Waals surface area contributed by atoms with Crippen molar-refractivity contribution in [2.45, 2.75) is 16.7 Å². The molecule has 0 aliphatic carbocycles. The Morgan fingerprint density at radius 1 is 1.27 bits per heavy atom. The highest BCUT2D eigenvalue weighted by atomic mass is 32.2. The highest BCUT2D eigenvalue weighted by Crippen LogP contribution is 2.49. The lowest BCUT2D eigenvalue weighted by atomic mass is 10.1. The third-order valence-electron chi connectivity index (χ3n) is 3.64. The first kappa shape index (κ1) is 14.7. The fourth-order valence-corrected chi connectivity index (χ4v) is 3.74. The fraction of sp³-hybridized carbons (Fsp3) is 0.167. The van der Waals surface area contributed by atoms with E-state index in [1.165, 1.54) is 4.90 Å². The molecule has 2 aromatic rings. The largest absolute Gasteiger partial charge is 0.496 e. The number of hydrogen-bond acceptors (Lipinski definition) is 4. The van der Waals surface area contributed by atoms with Crippen molar-refractivity contribution in [1.29, 1.82) is 0 Å². The molecule has 112 valence electrons. The number of para-hydroxylation sites is 1. The molecule has 0 amide bonds. The van der Waals surface area contributed by atoms with Gasteiger partial charge in [0, 0.05) is 22.4 Å². The van der Waals surface area contributed by atoms with Crippen LogP contribution in [0.2, 0.25) is 0 Å². The minimum atomic E-state index is 0.00868. The number of carbonyl (C=O) groups is 1. The van der Waals surface area contributed by atoms with Gasteiger partial charge in [0.15, 0.2) is 5.78 Å². The Kier molecular flexibility index (Phi) is 3.94. The molecule has 1 aliphatic rings. The topological polar surface area (TPSA) is 29.5 Å². The number of Topliss-reactive ketones (excluding diaryl/α,β-unsaturated/α-hetero) is 1. The number of ketones is 1. The second kappa shape index (κ2) is 5.89. The molecule has 3 rings (SSSR count). The summed E-state index contributed by atoms with van der Waals surface area (Å²) in [6, 6.07) is 12.1. The summed E-state index contributed by atoms with van der Waals surface area (Å²) in [7, 11) is 1.59. The van der Waals surface area contributed by atoms with Crippen LogP contribution >= 0.6 is 11.8 Å². The summed E-state index contributed by atoms with van der Waals surface area (Å²) in [6.45, 7) is 6.12. The van der Waals surface area contributed by atoms with Crippen LogP contribution in [0.3, 0.4) is 0 Å². The molecule has 0 bridgehead atoms. The quantitative estimate of drug-likeness (QED) is 0.605. The second-order valence-corrected chi connectivity index (χ2v) is 6.13. The van der Waals surface area contributed by atoms with Crippen LogP contribution < -0.4 is 9.64 Å². The number of fused-ring (bicyclic) bond motifs is 2. The van der Waals surface area contributed by atoms with Gasteiger partial charge < -0.3 is 9.64 Å². The van der Waals surface area contributed by atoms with Crippen LogP contribution in [0.5, 0.6) is 5.75 Å². The second-order valence-electron chi connectivity index (χ2n) is 5.05. The average Bonchev–Trinajstić information content (AvgIpc) is 2.53. The number of rotatable bonds is 4. The summed E-state index contributed by atoms with van der Waals surface area (Å²) in [5, 5.41) is 0. The first-order chi connectivity index (χ1) is 10.7. The lowest BCUT2D eigenvalue weighted by Gasteiger charge is -2.32. The van der Waals surface area contributed by atoms with Crippen LogP contribution in [0, 0.1) is 0 Å². The molecular weight excluding hydrogens is 294 g/mol. The number of nitrogens with zero attached hydrogens (tertiary/aromatic N) is 1. The van der Waals surface area contributed by atoms with Crippen molar-refractivity contribution in [3.05, 3.63) is 54.6 Å². The van der Waals surface area contributed by atoms with Gasteiger partial charge in [-0.1, -0.05) is 30.0 Å². The Labute approximate surface area is 134 Å². The standard InChI is InChI=1S/C18H17NO2S/c1-4-9-19-14-7-5-6-8-17(14)22-18-10-13(12(2)20)16(21-3)11-15(18)19/h4-8,10-11H,1,9H2,2-3H3. The lowest BCUT2D eigenvalue weighted by molar-refractivity contribution is 0.101. The van der Waals surface area contributed by atoms with E-state index in [-0.39, 0.29) is 5.78 Å². The SMILES string of the molecule is C=CCN1c2ccccc2Sc2cc(C(C)=O)c(OC)cc21. The molecule has 0 N–H and O–H groups in total. The van der Waals surface area contributed by atoms with Crippen LogP contribution in [-0.2, 0) is 0 Å². The van der Waals surface area contributed by atoms with Gasteiger partial charge in [-0.05, 0) is 25.1 Å². The van der Waals surface area contributed by atoms with Crippen molar-refractivity contribution in [3.8, 4) is 5.75 Å². The van der Waals surface area contributed by atoms with Crippen molar-refractivity contribution < 1.29 is 9.53 Å². The summed E-state index contributed by atoms with van der Waals surface area (Å²) in [5.74, 6) is 0.620. The van der Waals surface area contributed by atoms with Crippen molar-refractivity contribution in [1.82, 2.24) is 0 Å². The van der Waals surface area contributed by atoms with Gasteiger partial charge in [-0.2, -0.15) is 0 Å². The molecule has 1 aliphatic heterocycles. The van der Waals surface area contributed by atoms with Gasteiger partial charge >= 0.3 is 0 Å². The number of hydrogen-bond donors (Lipinski definition) is 0. The van der Waals surface area contributed by atoms with E-state index >= 15 is 0 Å². The lowest BCUT2D eigenvalue weighted by Crippen LogP contribution is -2.21. The van der Waals surface area contributed by atoms with E-state index in [1.807, 2.05) is 30.3 Å². The summed E-state index contributed by atoms with van der Waals surface area (Å²) in [4.78, 5) is 16.3. The fourth-order valence-electron chi connectivity index (χ4n) is 2.63. The normalized spacial score (nSPS) is 12.4. The molecule has 22 heavy (non-hydrogen) atoms. The highest BCUT2D eigenvalue weighted by Gasteiger charge is 2.25. The number of methoxy groups -OCH3 is 1. The van der Waals surface area contributed by atoms with E-state index in [4.69, 9.17) is 4.74 Å². The third-order valence-corrected chi connectivity index (χ3v) is 4.75. The highest BCUT2D eigenvalue weighted by molar-refractivity contribution is 7.99. The molecule has 0 unspecified atom stereocenters. The van der Waals surface area contributed by atoms with Gasteiger partial charge in [-0.15, -0.1) is 6.58 Å². The summed E-state index contributed by atoms with van der Waals surface area (Å²) in [5.41, 5.74) is 2.81. The molecule has 0 radical (unpaired) electrons. The van der Waals surface area contributed by atoms with Crippen LogP contribution in [0.15, 0.2) is 58.8 Å². The molecule has 0 saturated heterocycles. The van der Waals surface area contributed by atoms with E-state index in [1.54, 1.807) is 25.8 Å². The van der Waals surface area contributed by atoms with Crippen molar-refractivity contribution in [2.75, 3.05) is 18.6 Å². The molecule has 0 fully saturated rings. The van der Waals surface area contributed by atoms with Crippen molar-refractivity contribution >= 4 is 28.9 Å². The molecule has 0 spiro atoms. The maximum Gasteiger partial charge on any atom is 0.163 e. The first-order valence-corrected chi connectivity index (χ1v) is 7.85. The average molecular weight is 311 g/mol. The minimum Gasteiger partial charge on any atom is -0.496 e. The van der Waals surface area contributed by atoms with Gasteiger partial charge in [0.05, 0.1) is 24.0 Å². The molecule has 0 saturated carbocycles. The monoisotopic (exact) mass is 311 g/mol.